The molecule has 1 fully saturated rings. The first-order valence-electron chi connectivity index (χ1n) is 7.11. The van der Waals surface area contributed by atoms with Gasteiger partial charge in [0.1, 0.15) is 4.90 Å². The van der Waals surface area contributed by atoms with Gasteiger partial charge in [0.25, 0.3) is 0 Å². The molecule has 1 aromatic rings. The monoisotopic (exact) mass is 350 g/mol. The molecule has 0 aromatic heterocycles. The van der Waals surface area contributed by atoms with Gasteiger partial charge < -0.3 is 5.32 Å². The van der Waals surface area contributed by atoms with Gasteiger partial charge in [0.2, 0.25) is 10.0 Å². The quantitative estimate of drug-likeness (QED) is 0.887. The summed E-state index contributed by atoms with van der Waals surface area (Å²) in [5, 5.41) is 3.63. The predicted molar refractivity (Wildman–Crippen MR) is 86.5 cm³/mol. The molecular formula is C14H20Cl2N2O2S. The summed E-state index contributed by atoms with van der Waals surface area (Å²) in [7, 11) is -3.66. The van der Waals surface area contributed by atoms with Crippen LogP contribution in [0.4, 0.5) is 0 Å². The molecule has 1 N–H and O–H groups in total. The summed E-state index contributed by atoms with van der Waals surface area (Å²) in [6, 6.07) is 4.75. The minimum absolute atomic E-state index is 0.0177. The van der Waals surface area contributed by atoms with E-state index < -0.39 is 10.0 Å². The van der Waals surface area contributed by atoms with Crippen LogP contribution in [0.2, 0.25) is 10.0 Å². The molecule has 4 nitrogen and oxygen atoms in total. The predicted octanol–water partition coefficient (Wildman–Crippen LogP) is 3.00. The summed E-state index contributed by atoms with van der Waals surface area (Å²) in [6.07, 6.45) is 1.98. The number of hydrogen-bond acceptors (Lipinski definition) is 3. The Morgan fingerprint density at radius 3 is 2.33 bits per heavy atom. The number of piperidine rings is 1. The molecule has 0 bridgehead atoms. The zero-order chi connectivity index (χ0) is 15.5. The molecule has 0 aliphatic carbocycles. The standard InChI is InChI=1S/C14H20Cl2N2O2S/c1-2-18(10-11-6-8-17-9-7-11)21(19,20)14-12(15)4-3-5-13(14)16/h3-5,11,17H,2,6-10H2,1H3. The third kappa shape index (κ3) is 3.90. The largest absolute Gasteiger partial charge is 0.317 e. The van der Waals surface area contributed by atoms with Crippen molar-refractivity contribution in [1.29, 1.82) is 0 Å². The lowest BCUT2D eigenvalue weighted by Gasteiger charge is -2.29. The Morgan fingerprint density at radius 1 is 1.24 bits per heavy atom. The van der Waals surface area contributed by atoms with E-state index in [4.69, 9.17) is 23.2 Å². The van der Waals surface area contributed by atoms with Crippen LogP contribution in [0.15, 0.2) is 23.1 Å². The van der Waals surface area contributed by atoms with Crippen LogP contribution in [-0.4, -0.2) is 38.9 Å². The van der Waals surface area contributed by atoms with Crippen molar-refractivity contribution in [3.05, 3.63) is 28.2 Å². The van der Waals surface area contributed by atoms with Gasteiger partial charge in [0.15, 0.2) is 0 Å². The van der Waals surface area contributed by atoms with Crippen molar-refractivity contribution < 1.29 is 8.42 Å². The van der Waals surface area contributed by atoms with E-state index >= 15 is 0 Å². The van der Waals surface area contributed by atoms with Gasteiger partial charge in [0.05, 0.1) is 10.0 Å². The van der Waals surface area contributed by atoms with E-state index in [0.29, 0.717) is 19.0 Å². The van der Waals surface area contributed by atoms with Crippen LogP contribution in [0.5, 0.6) is 0 Å². The van der Waals surface area contributed by atoms with E-state index in [0.717, 1.165) is 25.9 Å². The molecule has 1 heterocycles. The van der Waals surface area contributed by atoms with Crippen LogP contribution >= 0.6 is 23.2 Å². The lowest BCUT2D eigenvalue weighted by molar-refractivity contribution is 0.294. The van der Waals surface area contributed by atoms with E-state index in [2.05, 4.69) is 5.32 Å². The van der Waals surface area contributed by atoms with Gasteiger partial charge in [-0.15, -0.1) is 0 Å². The normalized spacial score (nSPS) is 17.3. The Balaban J connectivity index is 2.27. The molecule has 7 heteroatoms. The molecule has 1 aliphatic heterocycles. The number of nitrogens with one attached hydrogen (secondary N) is 1. The fourth-order valence-electron chi connectivity index (χ4n) is 2.61. The zero-order valence-corrected chi connectivity index (χ0v) is 14.3. The highest BCUT2D eigenvalue weighted by Crippen LogP contribution is 2.32. The highest BCUT2D eigenvalue weighted by atomic mass is 35.5. The van der Waals surface area contributed by atoms with Gasteiger partial charge in [-0.1, -0.05) is 36.2 Å². The van der Waals surface area contributed by atoms with E-state index in [1.165, 1.54) is 4.31 Å². The van der Waals surface area contributed by atoms with Crippen LogP contribution in [0.3, 0.4) is 0 Å². The maximum Gasteiger partial charge on any atom is 0.246 e. The summed E-state index contributed by atoms with van der Waals surface area (Å²) >= 11 is 12.1. The lowest BCUT2D eigenvalue weighted by Crippen LogP contribution is -2.39. The SMILES string of the molecule is CCN(CC1CCNCC1)S(=O)(=O)c1c(Cl)cccc1Cl. The van der Waals surface area contributed by atoms with Crippen LogP contribution in [0, 0.1) is 5.92 Å². The first kappa shape index (κ1) is 17.0. The van der Waals surface area contributed by atoms with Crippen molar-refractivity contribution >= 4 is 33.2 Å². The molecule has 0 amide bonds. The van der Waals surface area contributed by atoms with Gasteiger partial charge in [0, 0.05) is 13.1 Å². The third-order valence-corrected chi connectivity index (χ3v) is 6.69. The van der Waals surface area contributed by atoms with E-state index in [9.17, 15) is 8.42 Å². The van der Waals surface area contributed by atoms with Gasteiger partial charge in [-0.25, -0.2) is 8.42 Å². The smallest absolute Gasteiger partial charge is 0.246 e. The van der Waals surface area contributed by atoms with Crippen molar-refractivity contribution in [1.82, 2.24) is 9.62 Å². The Morgan fingerprint density at radius 2 is 1.81 bits per heavy atom. The van der Waals surface area contributed by atoms with Gasteiger partial charge in [-0.2, -0.15) is 4.31 Å². The maximum atomic E-state index is 12.8. The van der Waals surface area contributed by atoms with Crippen molar-refractivity contribution in [2.24, 2.45) is 5.92 Å². The number of rotatable bonds is 5. The van der Waals surface area contributed by atoms with E-state index in [1.54, 1.807) is 18.2 Å². The number of hydrogen-bond donors (Lipinski definition) is 1. The second kappa shape index (κ2) is 7.29. The highest BCUT2D eigenvalue weighted by molar-refractivity contribution is 7.89. The van der Waals surface area contributed by atoms with E-state index in [1.807, 2.05) is 6.92 Å². The lowest BCUT2D eigenvalue weighted by atomic mass is 9.98. The molecule has 0 spiro atoms. The Hall–Kier alpha value is -0.330. The molecule has 1 aliphatic rings. The molecule has 0 saturated carbocycles. The number of halogens is 2. The average molecular weight is 351 g/mol. The minimum Gasteiger partial charge on any atom is -0.317 e. The first-order valence-corrected chi connectivity index (χ1v) is 9.31. The van der Waals surface area contributed by atoms with Crippen LogP contribution < -0.4 is 5.32 Å². The number of benzene rings is 1. The highest BCUT2D eigenvalue weighted by Gasteiger charge is 2.30. The minimum atomic E-state index is -3.66. The molecule has 1 aromatic carbocycles. The zero-order valence-electron chi connectivity index (χ0n) is 12.0. The topological polar surface area (TPSA) is 49.4 Å². The maximum absolute atomic E-state index is 12.8. The summed E-state index contributed by atoms with van der Waals surface area (Å²) in [5.74, 6) is 0.377. The third-order valence-electron chi connectivity index (χ3n) is 3.79. The summed E-state index contributed by atoms with van der Waals surface area (Å²) < 4.78 is 27.1. The van der Waals surface area contributed by atoms with Crippen molar-refractivity contribution in [3.63, 3.8) is 0 Å². The summed E-state index contributed by atoms with van der Waals surface area (Å²) in [4.78, 5) is 0.0177. The van der Waals surface area contributed by atoms with Crippen LogP contribution in [0.1, 0.15) is 19.8 Å². The fourth-order valence-corrected chi connectivity index (χ4v) is 5.22. The second-order valence-corrected chi connectivity index (χ2v) is 7.89. The van der Waals surface area contributed by atoms with Crippen LogP contribution in [0.25, 0.3) is 0 Å². The average Bonchev–Trinajstić information content (AvgIpc) is 2.45. The molecule has 21 heavy (non-hydrogen) atoms. The Bertz CT molecular complexity index is 566. The molecule has 118 valence electrons. The van der Waals surface area contributed by atoms with Crippen LogP contribution in [-0.2, 0) is 10.0 Å². The number of nitrogens with zero attached hydrogens (tertiary/aromatic N) is 1. The summed E-state index contributed by atoms with van der Waals surface area (Å²) in [6.45, 7) is 4.64. The van der Waals surface area contributed by atoms with Gasteiger partial charge in [-0.05, 0) is 44.0 Å². The Labute approximate surface area is 136 Å². The van der Waals surface area contributed by atoms with Crippen molar-refractivity contribution in [2.45, 2.75) is 24.7 Å². The van der Waals surface area contributed by atoms with E-state index in [-0.39, 0.29) is 14.9 Å². The molecule has 0 unspecified atom stereocenters. The van der Waals surface area contributed by atoms with Crippen molar-refractivity contribution in [2.75, 3.05) is 26.2 Å². The van der Waals surface area contributed by atoms with Crippen molar-refractivity contribution in [3.8, 4) is 0 Å². The first-order chi connectivity index (χ1) is 9.96. The molecule has 0 radical (unpaired) electrons. The van der Waals surface area contributed by atoms with Gasteiger partial charge in [-0.3, -0.25) is 0 Å². The Kier molecular flexibility index (Phi) is 5.91. The molecule has 1 saturated heterocycles. The number of sulfonamides is 1. The summed E-state index contributed by atoms with van der Waals surface area (Å²) in [5.41, 5.74) is 0. The fraction of sp³-hybridized carbons (Fsp3) is 0.571. The molecule has 2 rings (SSSR count). The molecule has 0 atom stereocenters. The second-order valence-electron chi connectivity index (χ2n) is 5.20. The van der Waals surface area contributed by atoms with Gasteiger partial charge >= 0.3 is 0 Å². The molecular weight excluding hydrogens is 331 g/mol.